The zero-order chi connectivity index (χ0) is 15.1. The van der Waals surface area contributed by atoms with Crippen LogP contribution < -0.4 is 10.3 Å². The molecule has 2 aromatic heterocycles. The molecule has 4 rings (SSSR count). The summed E-state index contributed by atoms with van der Waals surface area (Å²) in [6, 6.07) is 15.6. The highest BCUT2D eigenvalue weighted by Gasteiger charge is 2.12. The standard InChI is InChI=1S/C18H14N2O2/c1-22-16-8-4-5-11-9-13(18(21)20-17(11)16)14-10-19-15-7-3-2-6-12(14)15/h2-10,19H,1H3,(H,20,21). The molecule has 0 unspecified atom stereocenters. The molecule has 0 bridgehead atoms. The predicted octanol–water partition coefficient (Wildman–Crippen LogP) is 3.69. The molecule has 0 aliphatic rings. The van der Waals surface area contributed by atoms with Crippen LogP contribution in [-0.2, 0) is 0 Å². The normalized spacial score (nSPS) is 11.1. The van der Waals surface area contributed by atoms with Gasteiger partial charge in [-0.3, -0.25) is 4.79 Å². The van der Waals surface area contributed by atoms with Gasteiger partial charge in [0.15, 0.2) is 0 Å². The SMILES string of the molecule is COc1cccc2cc(-c3c[nH]c4ccccc34)c(=O)[nH]c12. The van der Waals surface area contributed by atoms with Gasteiger partial charge in [0.1, 0.15) is 5.75 Å². The van der Waals surface area contributed by atoms with Crippen molar-refractivity contribution in [2.24, 2.45) is 0 Å². The molecule has 0 saturated carbocycles. The summed E-state index contributed by atoms with van der Waals surface area (Å²) < 4.78 is 5.31. The number of benzene rings is 2. The van der Waals surface area contributed by atoms with Gasteiger partial charge < -0.3 is 14.7 Å². The van der Waals surface area contributed by atoms with Crippen LogP contribution in [0.5, 0.6) is 5.75 Å². The number of methoxy groups -OCH3 is 1. The molecule has 108 valence electrons. The molecule has 0 saturated heterocycles. The molecule has 0 amide bonds. The van der Waals surface area contributed by atoms with Crippen molar-refractivity contribution < 1.29 is 4.74 Å². The maximum absolute atomic E-state index is 12.5. The van der Waals surface area contributed by atoms with Gasteiger partial charge in [0.2, 0.25) is 0 Å². The van der Waals surface area contributed by atoms with E-state index in [2.05, 4.69) is 9.97 Å². The summed E-state index contributed by atoms with van der Waals surface area (Å²) in [6.45, 7) is 0. The minimum Gasteiger partial charge on any atom is -0.495 e. The Morgan fingerprint density at radius 1 is 1.00 bits per heavy atom. The van der Waals surface area contributed by atoms with Gasteiger partial charge in [-0.1, -0.05) is 30.3 Å². The number of hydrogen-bond acceptors (Lipinski definition) is 2. The molecule has 0 radical (unpaired) electrons. The largest absolute Gasteiger partial charge is 0.495 e. The van der Waals surface area contributed by atoms with Crippen LogP contribution >= 0.6 is 0 Å². The Bertz CT molecular complexity index is 1040. The van der Waals surface area contributed by atoms with E-state index in [1.807, 2.05) is 54.7 Å². The van der Waals surface area contributed by atoms with Crippen molar-refractivity contribution in [3.8, 4) is 16.9 Å². The van der Waals surface area contributed by atoms with Gasteiger partial charge in [-0.15, -0.1) is 0 Å². The predicted molar refractivity (Wildman–Crippen MR) is 88.4 cm³/mol. The van der Waals surface area contributed by atoms with E-state index in [1.54, 1.807) is 7.11 Å². The van der Waals surface area contributed by atoms with Gasteiger partial charge in [0.25, 0.3) is 5.56 Å². The topological polar surface area (TPSA) is 57.9 Å². The highest BCUT2D eigenvalue weighted by atomic mass is 16.5. The van der Waals surface area contributed by atoms with Gasteiger partial charge in [0, 0.05) is 33.6 Å². The number of aromatic nitrogens is 2. The molecule has 4 heteroatoms. The average Bonchev–Trinajstić information content (AvgIpc) is 2.97. The molecule has 4 nitrogen and oxygen atoms in total. The summed E-state index contributed by atoms with van der Waals surface area (Å²) in [5, 5.41) is 1.98. The Hall–Kier alpha value is -3.01. The smallest absolute Gasteiger partial charge is 0.256 e. The lowest BCUT2D eigenvalue weighted by atomic mass is 10.0. The van der Waals surface area contributed by atoms with Crippen LogP contribution in [0.1, 0.15) is 0 Å². The fraction of sp³-hybridized carbons (Fsp3) is 0.0556. The van der Waals surface area contributed by atoms with Crippen molar-refractivity contribution in [3.05, 3.63) is 65.1 Å². The number of ether oxygens (including phenoxy) is 1. The first kappa shape index (κ1) is 12.7. The van der Waals surface area contributed by atoms with E-state index in [4.69, 9.17) is 4.74 Å². The van der Waals surface area contributed by atoms with Gasteiger partial charge in [-0.05, 0) is 18.2 Å². The molecular formula is C18H14N2O2. The van der Waals surface area contributed by atoms with Crippen molar-refractivity contribution in [1.29, 1.82) is 0 Å². The average molecular weight is 290 g/mol. The summed E-state index contributed by atoms with van der Waals surface area (Å²) in [4.78, 5) is 18.7. The molecular weight excluding hydrogens is 276 g/mol. The third-order valence-corrected chi connectivity index (χ3v) is 3.94. The number of nitrogens with one attached hydrogen (secondary N) is 2. The third-order valence-electron chi connectivity index (χ3n) is 3.94. The summed E-state index contributed by atoms with van der Waals surface area (Å²) in [5.74, 6) is 0.667. The van der Waals surface area contributed by atoms with Crippen molar-refractivity contribution in [2.45, 2.75) is 0 Å². The van der Waals surface area contributed by atoms with Crippen LogP contribution in [0.15, 0.2) is 59.5 Å². The minimum atomic E-state index is -0.123. The molecule has 0 fully saturated rings. The zero-order valence-electron chi connectivity index (χ0n) is 12.0. The van der Waals surface area contributed by atoms with E-state index in [0.29, 0.717) is 11.3 Å². The van der Waals surface area contributed by atoms with Gasteiger partial charge >= 0.3 is 0 Å². The molecule has 0 atom stereocenters. The van der Waals surface area contributed by atoms with E-state index < -0.39 is 0 Å². The summed E-state index contributed by atoms with van der Waals surface area (Å²) in [7, 11) is 1.60. The molecule has 2 heterocycles. The van der Waals surface area contributed by atoms with Crippen molar-refractivity contribution in [3.63, 3.8) is 0 Å². The van der Waals surface area contributed by atoms with Crippen molar-refractivity contribution >= 4 is 21.8 Å². The third kappa shape index (κ3) is 1.81. The number of hydrogen-bond donors (Lipinski definition) is 2. The zero-order valence-corrected chi connectivity index (χ0v) is 12.0. The van der Waals surface area contributed by atoms with Crippen LogP contribution in [0.25, 0.3) is 32.9 Å². The van der Waals surface area contributed by atoms with Crippen LogP contribution in [0.3, 0.4) is 0 Å². The maximum atomic E-state index is 12.5. The van der Waals surface area contributed by atoms with Crippen LogP contribution in [-0.4, -0.2) is 17.1 Å². The Morgan fingerprint density at radius 2 is 1.86 bits per heavy atom. The lowest BCUT2D eigenvalue weighted by Crippen LogP contribution is -2.09. The second-order valence-electron chi connectivity index (χ2n) is 5.18. The molecule has 2 aromatic carbocycles. The quantitative estimate of drug-likeness (QED) is 0.591. The summed E-state index contributed by atoms with van der Waals surface area (Å²) in [6.07, 6.45) is 1.88. The molecule has 0 aliphatic carbocycles. The first-order chi connectivity index (χ1) is 10.8. The number of para-hydroxylation sites is 2. The van der Waals surface area contributed by atoms with E-state index >= 15 is 0 Å². The summed E-state index contributed by atoms with van der Waals surface area (Å²) in [5.41, 5.74) is 3.17. The highest BCUT2D eigenvalue weighted by molar-refractivity contribution is 5.97. The second kappa shape index (κ2) is 4.77. The lowest BCUT2D eigenvalue weighted by molar-refractivity contribution is 0.419. The molecule has 0 aliphatic heterocycles. The fourth-order valence-electron chi connectivity index (χ4n) is 2.87. The van der Waals surface area contributed by atoms with Crippen molar-refractivity contribution in [1.82, 2.24) is 9.97 Å². The first-order valence-electron chi connectivity index (χ1n) is 7.04. The number of fused-ring (bicyclic) bond motifs is 2. The van der Waals surface area contributed by atoms with E-state index in [1.165, 1.54) is 0 Å². The minimum absolute atomic E-state index is 0.123. The van der Waals surface area contributed by atoms with Crippen LogP contribution in [0, 0.1) is 0 Å². The molecule has 0 spiro atoms. The van der Waals surface area contributed by atoms with Gasteiger partial charge in [-0.2, -0.15) is 0 Å². The monoisotopic (exact) mass is 290 g/mol. The van der Waals surface area contributed by atoms with E-state index in [0.717, 1.165) is 27.4 Å². The molecule has 22 heavy (non-hydrogen) atoms. The summed E-state index contributed by atoms with van der Waals surface area (Å²) >= 11 is 0. The van der Waals surface area contributed by atoms with E-state index in [-0.39, 0.29) is 5.56 Å². The van der Waals surface area contributed by atoms with Gasteiger partial charge in [0.05, 0.1) is 12.6 Å². The number of H-pyrrole nitrogens is 2. The number of aromatic amines is 2. The van der Waals surface area contributed by atoms with Crippen LogP contribution in [0.2, 0.25) is 0 Å². The Kier molecular flexibility index (Phi) is 2.76. The second-order valence-corrected chi connectivity index (χ2v) is 5.18. The maximum Gasteiger partial charge on any atom is 0.256 e. The number of rotatable bonds is 2. The fourth-order valence-corrected chi connectivity index (χ4v) is 2.87. The molecule has 2 N–H and O–H groups in total. The molecule has 4 aromatic rings. The van der Waals surface area contributed by atoms with Crippen LogP contribution in [0.4, 0.5) is 0 Å². The highest BCUT2D eigenvalue weighted by Crippen LogP contribution is 2.29. The number of pyridine rings is 1. The lowest BCUT2D eigenvalue weighted by Gasteiger charge is -2.06. The van der Waals surface area contributed by atoms with Gasteiger partial charge in [-0.25, -0.2) is 0 Å². The van der Waals surface area contributed by atoms with Crippen molar-refractivity contribution in [2.75, 3.05) is 7.11 Å². The Balaban J connectivity index is 2.03. The van der Waals surface area contributed by atoms with E-state index in [9.17, 15) is 4.79 Å². The Labute approximate surface area is 126 Å². The Morgan fingerprint density at radius 3 is 2.73 bits per heavy atom. The first-order valence-corrected chi connectivity index (χ1v) is 7.04.